The smallest absolute Gasteiger partial charge is 0.0972 e. The van der Waals surface area contributed by atoms with Gasteiger partial charge in [0.1, 0.15) is 0 Å². The lowest BCUT2D eigenvalue weighted by atomic mass is 9.91. The summed E-state index contributed by atoms with van der Waals surface area (Å²) < 4.78 is 0. The van der Waals surface area contributed by atoms with Crippen LogP contribution in [0.2, 0.25) is 0 Å². The second-order valence-corrected chi connectivity index (χ2v) is 10.4. The summed E-state index contributed by atoms with van der Waals surface area (Å²) in [5.41, 5.74) is 5.56. The van der Waals surface area contributed by atoms with Gasteiger partial charge in [-0.1, -0.05) is 109 Å². The number of allylic oxidation sites excluding steroid dienone is 1. The predicted molar refractivity (Wildman–Crippen MR) is 176 cm³/mol. The first-order chi connectivity index (χ1) is 20.3. The topological polar surface area (TPSA) is 38.1 Å². The number of nitrogens with zero attached hydrogens (tertiary/aromatic N) is 3. The molecule has 8 rings (SSSR count). The van der Waals surface area contributed by atoms with E-state index in [1.54, 1.807) is 0 Å². The van der Waals surface area contributed by atoms with E-state index in [9.17, 15) is 0 Å². The molecular weight excluding hydrogens is 498 g/mol. The Morgan fingerprint density at radius 3 is 1.88 bits per heavy atom. The van der Waals surface area contributed by atoms with Crippen LogP contribution in [0.25, 0.3) is 82.2 Å². The van der Waals surface area contributed by atoms with E-state index in [0.717, 1.165) is 55.1 Å². The SMILES string of the molecule is C=Nc1c(/C=C\C)ccc2c1ncc1nc(-c3ccc4c5ccccc5c5ccccc5c4c3)c3ccccc3c12. The van der Waals surface area contributed by atoms with Crippen LogP contribution >= 0.6 is 0 Å². The molecule has 0 aliphatic heterocycles. The van der Waals surface area contributed by atoms with Gasteiger partial charge in [-0.2, -0.15) is 0 Å². The van der Waals surface area contributed by atoms with Crippen LogP contribution in [0.3, 0.4) is 0 Å². The molecule has 3 nitrogen and oxygen atoms in total. The van der Waals surface area contributed by atoms with Gasteiger partial charge in [-0.3, -0.25) is 9.98 Å². The highest BCUT2D eigenvalue weighted by atomic mass is 14.8. The fourth-order valence-corrected chi connectivity index (χ4v) is 6.47. The summed E-state index contributed by atoms with van der Waals surface area (Å²) in [4.78, 5) is 14.5. The average Bonchev–Trinajstić information content (AvgIpc) is 3.04. The molecule has 192 valence electrons. The minimum absolute atomic E-state index is 0.796. The van der Waals surface area contributed by atoms with Crippen molar-refractivity contribution >= 4 is 83.4 Å². The van der Waals surface area contributed by atoms with E-state index in [4.69, 9.17) is 9.97 Å². The standard InChI is InChI=1S/C38H25N3/c1-3-10-23-17-20-32-35-30-15-8-9-16-31(30)36(41-34(35)22-40-38(32)37(23)39-2)24-18-19-29-27-13-5-4-11-25(27)26-12-6-7-14-28(26)33(29)21-24/h3-22H,2H2,1H3/b10-3-. The van der Waals surface area contributed by atoms with Crippen molar-refractivity contribution in [2.75, 3.05) is 0 Å². The van der Waals surface area contributed by atoms with E-state index in [1.165, 1.54) is 32.3 Å². The molecule has 0 fully saturated rings. The number of pyridine rings is 2. The third-order valence-corrected chi connectivity index (χ3v) is 8.23. The number of benzene rings is 6. The number of hydrogen-bond donors (Lipinski definition) is 0. The van der Waals surface area contributed by atoms with Gasteiger partial charge >= 0.3 is 0 Å². The molecule has 2 heterocycles. The van der Waals surface area contributed by atoms with Gasteiger partial charge in [0.2, 0.25) is 0 Å². The Bertz CT molecular complexity index is 2360. The molecule has 0 spiro atoms. The molecule has 8 aromatic rings. The first-order valence-electron chi connectivity index (χ1n) is 13.8. The molecular formula is C38H25N3. The van der Waals surface area contributed by atoms with Crippen LogP contribution in [0.4, 0.5) is 5.69 Å². The number of hydrogen-bond acceptors (Lipinski definition) is 3. The van der Waals surface area contributed by atoms with Crippen LogP contribution in [-0.2, 0) is 0 Å². The molecule has 3 heteroatoms. The van der Waals surface area contributed by atoms with Gasteiger partial charge < -0.3 is 0 Å². The van der Waals surface area contributed by atoms with Gasteiger partial charge in [0.15, 0.2) is 0 Å². The molecule has 0 saturated heterocycles. The number of aliphatic imine (C=N–C) groups is 1. The second kappa shape index (κ2) is 9.07. The molecule has 0 radical (unpaired) electrons. The maximum Gasteiger partial charge on any atom is 0.0972 e. The van der Waals surface area contributed by atoms with E-state index >= 15 is 0 Å². The van der Waals surface area contributed by atoms with Crippen LogP contribution in [0.1, 0.15) is 12.5 Å². The largest absolute Gasteiger partial charge is 0.262 e. The lowest BCUT2D eigenvalue weighted by Gasteiger charge is -2.15. The van der Waals surface area contributed by atoms with Crippen molar-refractivity contribution in [3.8, 4) is 11.3 Å². The molecule has 0 N–H and O–H groups in total. The summed E-state index contributed by atoms with van der Waals surface area (Å²) in [6.45, 7) is 5.85. The molecule has 6 aromatic carbocycles. The van der Waals surface area contributed by atoms with E-state index < -0.39 is 0 Å². The van der Waals surface area contributed by atoms with E-state index in [1.807, 2.05) is 25.3 Å². The van der Waals surface area contributed by atoms with Gasteiger partial charge in [-0.05, 0) is 57.4 Å². The van der Waals surface area contributed by atoms with Crippen LogP contribution in [0.5, 0.6) is 0 Å². The number of fused-ring (bicyclic) bond motifs is 11. The van der Waals surface area contributed by atoms with Gasteiger partial charge in [0.25, 0.3) is 0 Å². The van der Waals surface area contributed by atoms with Crippen molar-refractivity contribution in [3.63, 3.8) is 0 Å². The molecule has 41 heavy (non-hydrogen) atoms. The maximum absolute atomic E-state index is 5.26. The highest BCUT2D eigenvalue weighted by molar-refractivity contribution is 6.26. The Hall–Kier alpha value is -5.41. The van der Waals surface area contributed by atoms with Crippen molar-refractivity contribution in [2.45, 2.75) is 6.92 Å². The van der Waals surface area contributed by atoms with Crippen LogP contribution in [0, 0.1) is 0 Å². The maximum atomic E-state index is 5.26. The third-order valence-electron chi connectivity index (χ3n) is 8.23. The van der Waals surface area contributed by atoms with Gasteiger partial charge in [0.05, 0.1) is 28.6 Å². The quantitative estimate of drug-likeness (QED) is 0.171. The highest BCUT2D eigenvalue weighted by Gasteiger charge is 2.17. The highest BCUT2D eigenvalue weighted by Crippen LogP contribution is 2.41. The second-order valence-electron chi connectivity index (χ2n) is 10.4. The zero-order valence-electron chi connectivity index (χ0n) is 22.6. The Labute approximate surface area is 237 Å². The summed E-state index contributed by atoms with van der Waals surface area (Å²) in [6, 6.07) is 36.9. The van der Waals surface area contributed by atoms with Gasteiger partial charge in [0, 0.05) is 27.3 Å². The van der Waals surface area contributed by atoms with Crippen molar-refractivity contribution in [2.24, 2.45) is 4.99 Å². The minimum Gasteiger partial charge on any atom is -0.262 e. The van der Waals surface area contributed by atoms with Crippen LogP contribution in [0.15, 0.2) is 120 Å². The molecule has 0 amide bonds. The fourth-order valence-electron chi connectivity index (χ4n) is 6.47. The van der Waals surface area contributed by atoms with Gasteiger partial charge in [-0.15, -0.1) is 0 Å². The van der Waals surface area contributed by atoms with E-state index in [-0.39, 0.29) is 0 Å². The summed E-state index contributed by atoms with van der Waals surface area (Å²) in [5.74, 6) is 0. The first kappa shape index (κ1) is 23.5. The van der Waals surface area contributed by atoms with Crippen molar-refractivity contribution < 1.29 is 0 Å². The molecule has 0 atom stereocenters. The van der Waals surface area contributed by atoms with Crippen molar-refractivity contribution in [3.05, 3.63) is 121 Å². The summed E-state index contributed by atoms with van der Waals surface area (Å²) in [5, 5.41) is 11.9. The first-order valence-corrected chi connectivity index (χ1v) is 13.8. The Morgan fingerprint density at radius 1 is 0.634 bits per heavy atom. The predicted octanol–water partition coefficient (Wildman–Crippen LogP) is 10.4. The Balaban J connectivity index is 1.46. The lowest BCUT2D eigenvalue weighted by molar-refractivity contribution is 1.36. The molecule has 0 bridgehead atoms. The van der Waals surface area contributed by atoms with E-state index in [2.05, 4.69) is 115 Å². The average molecular weight is 524 g/mol. The molecule has 0 aliphatic rings. The Morgan fingerprint density at radius 2 is 1.22 bits per heavy atom. The van der Waals surface area contributed by atoms with Crippen LogP contribution in [-0.4, -0.2) is 16.7 Å². The number of rotatable bonds is 3. The zero-order valence-corrected chi connectivity index (χ0v) is 22.6. The fraction of sp³-hybridized carbons (Fsp3) is 0.0263. The normalized spacial score (nSPS) is 12.0. The van der Waals surface area contributed by atoms with Gasteiger partial charge in [-0.25, -0.2) is 4.98 Å². The molecule has 0 unspecified atom stereocenters. The minimum atomic E-state index is 0.796. The number of aromatic nitrogens is 2. The Kier molecular flexibility index (Phi) is 5.19. The lowest BCUT2D eigenvalue weighted by Crippen LogP contribution is -1.93. The molecule has 2 aromatic heterocycles. The van der Waals surface area contributed by atoms with Crippen LogP contribution < -0.4 is 0 Å². The van der Waals surface area contributed by atoms with Crippen molar-refractivity contribution in [1.82, 2.24) is 9.97 Å². The monoisotopic (exact) mass is 523 g/mol. The van der Waals surface area contributed by atoms with E-state index in [0.29, 0.717) is 0 Å². The third kappa shape index (κ3) is 3.42. The molecule has 0 aliphatic carbocycles. The molecule has 0 saturated carbocycles. The summed E-state index contributed by atoms with van der Waals surface area (Å²) in [7, 11) is 0. The summed E-state index contributed by atoms with van der Waals surface area (Å²) >= 11 is 0. The summed E-state index contributed by atoms with van der Waals surface area (Å²) in [6.07, 6.45) is 5.93. The van der Waals surface area contributed by atoms with Crippen molar-refractivity contribution in [1.29, 1.82) is 0 Å². The zero-order chi connectivity index (χ0) is 27.5.